The Morgan fingerprint density at radius 3 is 2.25 bits per heavy atom. The van der Waals surface area contributed by atoms with E-state index in [2.05, 4.69) is 54.7 Å². The minimum atomic E-state index is -2.10. The lowest BCUT2D eigenvalue weighted by molar-refractivity contribution is -0.134. The summed E-state index contributed by atoms with van der Waals surface area (Å²) in [7, 11) is -2.10. The number of hydrogen-bond donors (Lipinski definition) is 3. The maximum Gasteiger partial charge on any atom is 0.407 e. The van der Waals surface area contributed by atoms with E-state index in [-0.39, 0.29) is 42.3 Å². The van der Waals surface area contributed by atoms with Crippen LogP contribution >= 0.6 is 0 Å². The molecule has 222 valence electrons. The van der Waals surface area contributed by atoms with E-state index in [9.17, 15) is 19.2 Å². The van der Waals surface area contributed by atoms with Crippen LogP contribution in [0.5, 0.6) is 0 Å². The molecule has 0 aliphatic carbocycles. The fraction of sp³-hybridized carbons (Fsp3) is 0.655. The zero-order chi connectivity index (χ0) is 29.9. The number of amides is 4. The smallest absolute Gasteiger partial charge is 0.407 e. The Bertz CT molecular complexity index is 1120. The molecule has 0 spiro atoms. The third-order valence-electron chi connectivity index (χ3n) is 7.85. The van der Waals surface area contributed by atoms with Gasteiger partial charge in [0.1, 0.15) is 11.6 Å². The Labute approximate surface area is 239 Å². The third kappa shape index (κ3) is 8.54. The number of anilines is 1. The number of benzene rings is 1. The number of rotatable bonds is 7. The van der Waals surface area contributed by atoms with Crippen molar-refractivity contribution < 1.29 is 28.3 Å². The lowest BCUT2D eigenvalue weighted by Gasteiger charge is -2.37. The Kier molecular flexibility index (Phi) is 9.72. The van der Waals surface area contributed by atoms with Gasteiger partial charge in [0.25, 0.3) is 5.91 Å². The first-order valence-electron chi connectivity index (χ1n) is 14.1. The molecular weight excluding hydrogens is 528 g/mol. The highest BCUT2D eigenvalue weighted by Gasteiger charge is 2.37. The Balaban J connectivity index is 1.75. The van der Waals surface area contributed by atoms with Gasteiger partial charge in [0.05, 0.1) is 6.61 Å². The number of carbonyl (C=O) groups is 4. The van der Waals surface area contributed by atoms with Gasteiger partial charge in [0.2, 0.25) is 11.8 Å². The Hall–Kier alpha value is -2.92. The van der Waals surface area contributed by atoms with Crippen molar-refractivity contribution >= 4 is 37.8 Å². The van der Waals surface area contributed by atoms with Gasteiger partial charge in [-0.2, -0.15) is 0 Å². The van der Waals surface area contributed by atoms with Crippen LogP contribution in [0, 0.1) is 0 Å². The van der Waals surface area contributed by atoms with E-state index in [1.807, 2.05) is 32.9 Å². The lowest BCUT2D eigenvalue weighted by atomic mass is 10.0. The van der Waals surface area contributed by atoms with Gasteiger partial charge in [-0.05, 0) is 81.9 Å². The summed E-state index contributed by atoms with van der Waals surface area (Å²) in [6.45, 7) is 18.1. The zero-order valence-electron chi connectivity index (χ0n) is 25.2. The molecule has 2 aliphatic rings. The molecule has 3 rings (SSSR count). The normalized spacial score (nSPS) is 19.2. The van der Waals surface area contributed by atoms with Crippen molar-refractivity contribution in [3.05, 3.63) is 29.3 Å². The van der Waals surface area contributed by atoms with Gasteiger partial charge in [0.15, 0.2) is 8.32 Å². The fourth-order valence-corrected chi connectivity index (χ4v) is 5.37. The number of nitrogens with one attached hydrogen (secondary N) is 3. The molecule has 1 aromatic rings. The molecule has 0 aromatic heterocycles. The molecule has 4 amide bonds. The molecule has 1 aromatic carbocycles. The van der Waals surface area contributed by atoms with E-state index in [4.69, 9.17) is 9.16 Å². The Morgan fingerprint density at radius 1 is 1.02 bits per heavy atom. The summed E-state index contributed by atoms with van der Waals surface area (Å²) in [5.74, 6) is -1.17. The lowest BCUT2D eigenvalue weighted by Crippen LogP contribution is -2.52. The molecule has 2 aliphatic heterocycles. The second-order valence-electron chi connectivity index (χ2n) is 13.3. The van der Waals surface area contributed by atoms with Gasteiger partial charge in [0, 0.05) is 36.8 Å². The van der Waals surface area contributed by atoms with Crippen LogP contribution in [0.15, 0.2) is 18.2 Å². The molecule has 10 nitrogen and oxygen atoms in total. The van der Waals surface area contributed by atoms with Crippen molar-refractivity contribution in [1.82, 2.24) is 16.0 Å². The van der Waals surface area contributed by atoms with E-state index in [1.54, 1.807) is 6.07 Å². The molecule has 2 fully saturated rings. The third-order valence-corrected chi connectivity index (χ3v) is 12.3. The number of nitrogens with zero attached hydrogens (tertiary/aromatic N) is 1. The zero-order valence-corrected chi connectivity index (χ0v) is 26.2. The molecule has 1 atom stereocenters. The highest BCUT2D eigenvalue weighted by molar-refractivity contribution is 6.74. The Morgan fingerprint density at radius 2 is 1.68 bits per heavy atom. The summed E-state index contributed by atoms with van der Waals surface area (Å²) >= 11 is 0. The van der Waals surface area contributed by atoms with Crippen LogP contribution in [0.1, 0.15) is 83.1 Å². The number of imide groups is 1. The minimum Gasteiger partial charge on any atom is -0.444 e. The van der Waals surface area contributed by atoms with Crippen molar-refractivity contribution in [2.45, 2.75) is 110 Å². The minimum absolute atomic E-state index is 0.00275. The monoisotopic (exact) mass is 574 g/mol. The molecule has 2 heterocycles. The summed E-state index contributed by atoms with van der Waals surface area (Å²) in [5.41, 5.74) is 1.64. The SMILES string of the molecule is CC(C)(C)OC(=O)NC1CCN(c2ccc(C(=O)NC3CCC(=O)NC3=O)c(CO[Si](C)(C)C(C)(C)C)c2)CC1. The first kappa shape index (κ1) is 31.6. The topological polar surface area (TPSA) is 126 Å². The van der Waals surface area contributed by atoms with Crippen LogP contribution in [-0.4, -0.2) is 62.9 Å². The number of hydrogen-bond acceptors (Lipinski definition) is 7. The van der Waals surface area contributed by atoms with Crippen LogP contribution in [-0.2, 0) is 25.4 Å². The highest BCUT2D eigenvalue weighted by atomic mass is 28.4. The predicted octanol–water partition coefficient (Wildman–Crippen LogP) is 4.24. The summed E-state index contributed by atoms with van der Waals surface area (Å²) in [6.07, 6.45) is 1.61. The summed E-state index contributed by atoms with van der Waals surface area (Å²) in [6, 6.07) is 4.97. The first-order chi connectivity index (χ1) is 18.4. The fourth-order valence-electron chi connectivity index (χ4n) is 4.42. The summed E-state index contributed by atoms with van der Waals surface area (Å²) < 4.78 is 11.9. The van der Waals surface area contributed by atoms with Gasteiger partial charge < -0.3 is 24.7 Å². The van der Waals surface area contributed by atoms with Crippen molar-refractivity contribution in [2.24, 2.45) is 0 Å². The van der Waals surface area contributed by atoms with Crippen LogP contribution in [0.25, 0.3) is 0 Å². The average Bonchev–Trinajstić information content (AvgIpc) is 2.83. The number of carbonyl (C=O) groups excluding carboxylic acids is 4. The van der Waals surface area contributed by atoms with Crippen LogP contribution in [0.3, 0.4) is 0 Å². The summed E-state index contributed by atoms with van der Waals surface area (Å²) in [5, 5.41) is 8.06. The van der Waals surface area contributed by atoms with Gasteiger partial charge in [-0.3, -0.25) is 19.7 Å². The van der Waals surface area contributed by atoms with Gasteiger partial charge in [-0.1, -0.05) is 20.8 Å². The molecule has 0 radical (unpaired) electrons. The van der Waals surface area contributed by atoms with Crippen LogP contribution < -0.4 is 20.9 Å². The van der Waals surface area contributed by atoms with Crippen molar-refractivity contribution in [3.8, 4) is 0 Å². The number of alkyl carbamates (subject to hydrolysis) is 1. The van der Waals surface area contributed by atoms with Crippen molar-refractivity contribution in [3.63, 3.8) is 0 Å². The van der Waals surface area contributed by atoms with Crippen LogP contribution in [0.4, 0.5) is 10.5 Å². The quantitative estimate of drug-likeness (QED) is 0.329. The van der Waals surface area contributed by atoms with E-state index in [1.165, 1.54) is 0 Å². The standard InChI is InChI=1S/C29H46N4O6Si/c1-28(2,3)39-27(37)30-20-13-15-33(16-14-20)21-9-10-22(19(17-21)18-38-40(7,8)29(4,5)6)25(35)31-23-11-12-24(34)32-26(23)36/h9-10,17,20,23H,11-16,18H2,1-8H3,(H,30,37)(H,31,35)(H,32,34,36). The molecule has 3 N–H and O–H groups in total. The van der Waals surface area contributed by atoms with E-state index in [0.29, 0.717) is 5.56 Å². The second kappa shape index (κ2) is 12.3. The van der Waals surface area contributed by atoms with E-state index in [0.717, 1.165) is 37.2 Å². The second-order valence-corrected chi connectivity index (χ2v) is 18.1. The average molecular weight is 575 g/mol. The van der Waals surface area contributed by atoms with Gasteiger partial charge in [-0.15, -0.1) is 0 Å². The number of ether oxygens (including phenoxy) is 1. The molecular formula is C29H46N4O6Si. The highest BCUT2D eigenvalue weighted by Crippen LogP contribution is 2.37. The summed E-state index contributed by atoms with van der Waals surface area (Å²) in [4.78, 5) is 51.5. The van der Waals surface area contributed by atoms with Crippen LogP contribution in [0.2, 0.25) is 18.1 Å². The number of piperidine rings is 2. The van der Waals surface area contributed by atoms with Crippen molar-refractivity contribution in [1.29, 1.82) is 0 Å². The first-order valence-corrected chi connectivity index (χ1v) is 17.0. The molecule has 11 heteroatoms. The largest absolute Gasteiger partial charge is 0.444 e. The molecule has 0 saturated carbocycles. The molecule has 2 saturated heterocycles. The predicted molar refractivity (Wildman–Crippen MR) is 157 cm³/mol. The molecule has 0 bridgehead atoms. The molecule has 40 heavy (non-hydrogen) atoms. The van der Waals surface area contributed by atoms with Gasteiger partial charge >= 0.3 is 6.09 Å². The molecule has 1 unspecified atom stereocenters. The maximum atomic E-state index is 13.3. The van der Waals surface area contributed by atoms with Crippen molar-refractivity contribution in [2.75, 3.05) is 18.0 Å². The van der Waals surface area contributed by atoms with Gasteiger partial charge in [-0.25, -0.2) is 4.79 Å². The maximum absolute atomic E-state index is 13.3. The van der Waals surface area contributed by atoms with E-state index < -0.39 is 32.0 Å². The van der Waals surface area contributed by atoms with E-state index >= 15 is 0 Å².